The summed E-state index contributed by atoms with van der Waals surface area (Å²) in [6.07, 6.45) is 4.34. The molecule has 0 aliphatic carbocycles. The number of hydrogen-bond acceptors (Lipinski definition) is 2. The van der Waals surface area contributed by atoms with Crippen LogP contribution in [0.1, 0.15) is 42.2 Å². The molecule has 2 heteroatoms. The monoisotopic (exact) mass is 176 g/mol. The predicted molar refractivity (Wildman–Crippen MR) is 51.0 cm³/mol. The highest BCUT2D eigenvalue weighted by atomic mass is 17.1. The van der Waals surface area contributed by atoms with E-state index in [0.717, 1.165) is 6.08 Å². The van der Waals surface area contributed by atoms with Crippen LogP contribution in [-0.4, -0.2) is 10.9 Å². The summed E-state index contributed by atoms with van der Waals surface area (Å²) in [5.74, 6) is 0. The third-order valence-corrected chi connectivity index (χ3v) is 1.21. The molecule has 0 bridgehead atoms. The lowest BCUT2D eigenvalue weighted by Crippen LogP contribution is -2.18. The van der Waals surface area contributed by atoms with E-state index in [9.17, 15) is 0 Å². The summed E-state index contributed by atoms with van der Waals surface area (Å²) < 4.78 is 42.9. The van der Waals surface area contributed by atoms with E-state index in [1.54, 1.807) is 13.8 Å². The second-order valence-electron chi connectivity index (χ2n) is 2.95. The number of allylic oxidation sites excluding steroid dienone is 3. The van der Waals surface area contributed by atoms with Crippen molar-refractivity contribution < 1.29 is 18.4 Å². The average Bonchev–Trinajstić information content (AvgIpc) is 2.13. The molecule has 0 aliphatic rings. The van der Waals surface area contributed by atoms with Gasteiger partial charge < -0.3 is 0 Å². The van der Waals surface area contributed by atoms with Crippen molar-refractivity contribution in [2.24, 2.45) is 0 Å². The largest absolute Gasteiger partial charge is 0.251 e. The highest BCUT2D eigenvalue weighted by Gasteiger charge is 2.12. The van der Waals surface area contributed by atoms with Gasteiger partial charge in [0.2, 0.25) is 0 Å². The summed E-state index contributed by atoms with van der Waals surface area (Å²) in [5.41, 5.74) is -1.45. The molecule has 0 amide bonds. The van der Waals surface area contributed by atoms with Crippen molar-refractivity contribution in [1.82, 2.24) is 0 Å². The van der Waals surface area contributed by atoms with Crippen LogP contribution >= 0.6 is 0 Å². The number of rotatable bonds is 4. The molecule has 12 heavy (non-hydrogen) atoms. The highest BCUT2D eigenvalue weighted by molar-refractivity contribution is 5.03. The van der Waals surface area contributed by atoms with E-state index in [0.29, 0.717) is 0 Å². The Bertz CT molecular complexity index is 308. The van der Waals surface area contributed by atoms with E-state index in [-0.39, 0.29) is 6.42 Å². The van der Waals surface area contributed by atoms with Crippen LogP contribution in [0.5, 0.6) is 0 Å². The summed E-state index contributed by atoms with van der Waals surface area (Å²) in [4.78, 5) is 4.15. The van der Waals surface area contributed by atoms with Gasteiger partial charge >= 0.3 is 0 Å². The van der Waals surface area contributed by atoms with Gasteiger partial charge in [-0.05, 0) is 34.0 Å². The van der Waals surface area contributed by atoms with E-state index in [4.69, 9.17) is 13.5 Å². The van der Waals surface area contributed by atoms with Crippen LogP contribution in [0.2, 0.25) is 0 Å². The van der Waals surface area contributed by atoms with Gasteiger partial charge in [0.05, 0.1) is 0 Å². The Kier molecular flexibility index (Phi) is 1.96. The lowest BCUT2D eigenvalue weighted by Gasteiger charge is -2.14. The normalized spacial score (nSPS) is 21.6. The molecule has 0 fully saturated rings. The van der Waals surface area contributed by atoms with Gasteiger partial charge in [-0.3, -0.25) is 5.26 Å². The molecular weight excluding hydrogens is 152 g/mol. The van der Waals surface area contributed by atoms with Gasteiger partial charge in [0.25, 0.3) is 0 Å². The lowest BCUT2D eigenvalue weighted by molar-refractivity contribution is -0.297. The zero-order valence-electron chi connectivity index (χ0n) is 13.3. The summed E-state index contributed by atoms with van der Waals surface area (Å²) in [5, 5.41) is 8.51. The predicted octanol–water partition coefficient (Wildman–Crippen LogP) is 3.17. The van der Waals surface area contributed by atoms with Crippen molar-refractivity contribution in [3.8, 4) is 0 Å². The topological polar surface area (TPSA) is 29.5 Å². The number of hydrogen-bond donors (Lipinski definition) is 1. The maximum atomic E-state index is 8.51. The summed E-state index contributed by atoms with van der Waals surface area (Å²) in [6, 6.07) is 0. The van der Waals surface area contributed by atoms with Crippen molar-refractivity contribution >= 4 is 0 Å². The van der Waals surface area contributed by atoms with Crippen LogP contribution in [0.4, 0.5) is 0 Å². The Balaban J connectivity index is 4.84. The van der Waals surface area contributed by atoms with Crippen molar-refractivity contribution in [3.63, 3.8) is 0 Å². The summed E-state index contributed by atoms with van der Waals surface area (Å²) >= 11 is 0. The molecule has 70 valence electrons. The van der Waals surface area contributed by atoms with Gasteiger partial charge in [-0.1, -0.05) is 23.8 Å². The Morgan fingerprint density at radius 2 is 2.25 bits per heavy atom. The van der Waals surface area contributed by atoms with Gasteiger partial charge in [0, 0.05) is 8.22 Å². The standard InChI is InChI=1S/C10H18O2/c1-9(2)7-5-6-8-10(3,4)12-11/h6-8,11H,5H2,1-4H3/b8-6+/i1D3,2D3. The molecule has 0 aliphatic heterocycles. The molecule has 0 saturated carbocycles. The Morgan fingerprint density at radius 3 is 2.75 bits per heavy atom. The van der Waals surface area contributed by atoms with Crippen LogP contribution in [-0.2, 0) is 4.89 Å². The smallest absolute Gasteiger partial charge is 0.116 e. The highest BCUT2D eigenvalue weighted by Crippen LogP contribution is 2.09. The molecule has 0 aromatic rings. The molecular formula is C10H18O2. The Labute approximate surface area is 82.9 Å². The van der Waals surface area contributed by atoms with Crippen molar-refractivity contribution in [3.05, 3.63) is 23.8 Å². The van der Waals surface area contributed by atoms with Crippen LogP contribution in [0.25, 0.3) is 0 Å². The molecule has 1 N–H and O–H groups in total. The minimum absolute atomic E-state index is 0.138. The fourth-order valence-corrected chi connectivity index (χ4v) is 0.568. The second-order valence-corrected chi connectivity index (χ2v) is 2.95. The molecule has 0 spiro atoms. The van der Waals surface area contributed by atoms with Crippen LogP contribution in [0, 0.1) is 0 Å². The molecule has 2 nitrogen and oxygen atoms in total. The lowest BCUT2D eigenvalue weighted by atomic mass is 10.1. The van der Waals surface area contributed by atoms with E-state index in [2.05, 4.69) is 4.89 Å². The van der Waals surface area contributed by atoms with Crippen LogP contribution in [0.15, 0.2) is 23.8 Å². The molecule has 0 unspecified atom stereocenters. The van der Waals surface area contributed by atoms with Gasteiger partial charge in [-0.25, -0.2) is 4.89 Å². The van der Waals surface area contributed by atoms with Gasteiger partial charge in [-0.2, -0.15) is 0 Å². The first-order chi connectivity index (χ1) is 7.90. The zero-order chi connectivity index (χ0) is 14.6. The van der Waals surface area contributed by atoms with E-state index in [1.165, 1.54) is 12.2 Å². The third-order valence-electron chi connectivity index (χ3n) is 1.21. The van der Waals surface area contributed by atoms with Crippen LogP contribution in [0.3, 0.4) is 0 Å². The second kappa shape index (κ2) is 5.12. The van der Waals surface area contributed by atoms with Crippen molar-refractivity contribution in [2.75, 3.05) is 0 Å². The first-order valence-corrected chi connectivity index (χ1v) is 3.61. The first kappa shape index (κ1) is 4.58. The molecule has 0 aromatic heterocycles. The average molecular weight is 176 g/mol. The zero-order valence-corrected chi connectivity index (χ0v) is 7.29. The molecule has 0 atom stereocenters. The maximum absolute atomic E-state index is 8.51. The SMILES string of the molecule is [2H]C([2H])([2H])C(=CC/C=C/C(C)(C)OO)C([2H])([2H])[2H]. The minimum Gasteiger partial charge on any atom is -0.251 e. The molecule has 0 heterocycles. The van der Waals surface area contributed by atoms with Gasteiger partial charge in [0.15, 0.2) is 0 Å². The van der Waals surface area contributed by atoms with Crippen molar-refractivity contribution in [1.29, 1.82) is 0 Å². The summed E-state index contributed by atoms with van der Waals surface area (Å²) in [6.45, 7) is -2.08. The van der Waals surface area contributed by atoms with E-state index in [1.807, 2.05) is 0 Å². The van der Waals surface area contributed by atoms with E-state index >= 15 is 0 Å². The molecule has 0 aromatic carbocycles. The summed E-state index contributed by atoms with van der Waals surface area (Å²) in [7, 11) is 0. The van der Waals surface area contributed by atoms with Crippen molar-refractivity contribution in [2.45, 2.75) is 39.6 Å². The quantitative estimate of drug-likeness (QED) is 0.405. The minimum atomic E-state index is -2.64. The third kappa shape index (κ3) is 6.13. The Morgan fingerprint density at radius 1 is 1.58 bits per heavy atom. The Hall–Kier alpha value is -0.600. The van der Waals surface area contributed by atoms with Gasteiger partial charge in [-0.15, -0.1) is 0 Å². The first-order valence-electron chi connectivity index (χ1n) is 6.61. The maximum Gasteiger partial charge on any atom is 0.116 e. The van der Waals surface area contributed by atoms with Crippen LogP contribution < -0.4 is 0 Å². The fraction of sp³-hybridized carbons (Fsp3) is 0.600. The fourth-order valence-electron chi connectivity index (χ4n) is 0.568. The molecule has 0 radical (unpaired) electrons. The molecule has 0 saturated heterocycles. The molecule has 0 rings (SSSR count). The van der Waals surface area contributed by atoms with E-state index < -0.39 is 24.9 Å². The van der Waals surface area contributed by atoms with Gasteiger partial charge in [0.1, 0.15) is 5.60 Å².